The van der Waals surface area contributed by atoms with Gasteiger partial charge in [-0.15, -0.1) is 5.56 Å². The molecule has 0 amide bonds. The fourth-order valence-corrected chi connectivity index (χ4v) is 3.48. The highest BCUT2D eigenvalue weighted by Crippen LogP contribution is 2.30. The number of thiazole rings is 1. The van der Waals surface area contributed by atoms with Crippen LogP contribution in [-0.4, -0.2) is 4.98 Å². The van der Waals surface area contributed by atoms with Gasteiger partial charge in [-0.25, -0.2) is 17.1 Å². The fourth-order valence-electron chi connectivity index (χ4n) is 2.52. The van der Waals surface area contributed by atoms with Crippen LogP contribution in [0.1, 0.15) is 11.3 Å². The topological polar surface area (TPSA) is 29.3 Å². The van der Waals surface area contributed by atoms with E-state index in [0.717, 1.165) is 29.5 Å². The Morgan fingerprint density at radius 3 is 2.77 bits per heavy atom. The summed E-state index contributed by atoms with van der Waals surface area (Å²) in [6.07, 6.45) is 1.72. The number of rotatable bonds is 5. The summed E-state index contributed by atoms with van der Waals surface area (Å²) in [6.45, 7) is 1.55. The van der Waals surface area contributed by atoms with Gasteiger partial charge in [0.25, 0.3) is 0 Å². The van der Waals surface area contributed by atoms with E-state index in [2.05, 4.69) is 47.4 Å². The van der Waals surface area contributed by atoms with Gasteiger partial charge in [-0.1, -0.05) is 23.5 Å². The molecule has 0 bridgehead atoms. The summed E-state index contributed by atoms with van der Waals surface area (Å²) in [5.41, 5.74) is 2.33. The van der Waals surface area contributed by atoms with Gasteiger partial charge in [0.1, 0.15) is 5.76 Å². The molecule has 22 heavy (non-hydrogen) atoms. The van der Waals surface area contributed by atoms with Crippen LogP contribution in [0.5, 0.6) is 0 Å². The zero-order valence-electron chi connectivity index (χ0n) is 12.0. The van der Waals surface area contributed by atoms with Crippen molar-refractivity contribution in [1.82, 2.24) is 4.98 Å². The second-order valence-electron chi connectivity index (χ2n) is 5.19. The average molecular weight is 307 g/mol. The predicted octanol–water partition coefficient (Wildman–Crippen LogP) is 4.82. The molecule has 0 atom stereocenters. The summed E-state index contributed by atoms with van der Waals surface area (Å²) in [5.74, 6) is 0.950. The molecule has 4 aromatic rings. The molecule has 0 N–H and O–H groups in total. The molecule has 0 saturated heterocycles. The van der Waals surface area contributed by atoms with Crippen molar-refractivity contribution >= 4 is 26.7 Å². The zero-order valence-corrected chi connectivity index (χ0v) is 12.8. The van der Waals surface area contributed by atoms with E-state index in [1.165, 1.54) is 10.3 Å². The number of anilines is 1. The van der Waals surface area contributed by atoms with Crippen molar-refractivity contribution in [3.63, 3.8) is 0 Å². The van der Waals surface area contributed by atoms with E-state index in [0.29, 0.717) is 0 Å². The van der Waals surface area contributed by atoms with Gasteiger partial charge in [0.2, 0.25) is 0 Å². The molecule has 0 saturated carbocycles. The SMILES string of the molecule is c1c[cH-]c(CN(Cc2ccco2)c2nc3ccccc3s2)c1. The van der Waals surface area contributed by atoms with Crippen molar-refractivity contribution in [2.24, 2.45) is 0 Å². The zero-order chi connectivity index (χ0) is 14.8. The van der Waals surface area contributed by atoms with E-state index in [9.17, 15) is 0 Å². The average Bonchev–Trinajstić information content (AvgIpc) is 3.28. The molecule has 2 aromatic carbocycles. The highest BCUT2D eigenvalue weighted by Gasteiger charge is 2.13. The van der Waals surface area contributed by atoms with E-state index >= 15 is 0 Å². The van der Waals surface area contributed by atoms with Crippen LogP contribution < -0.4 is 4.90 Å². The van der Waals surface area contributed by atoms with Crippen LogP contribution in [-0.2, 0) is 13.1 Å². The lowest BCUT2D eigenvalue weighted by molar-refractivity contribution is 0.501. The normalized spacial score (nSPS) is 11.1. The van der Waals surface area contributed by atoms with Crippen molar-refractivity contribution in [2.75, 3.05) is 4.90 Å². The van der Waals surface area contributed by atoms with Gasteiger partial charge in [-0.2, -0.15) is 12.1 Å². The standard InChI is InChI=1S/C18H15N2OS/c1-2-7-14(6-1)12-20(13-15-8-5-11-21-15)18-19-16-9-3-4-10-17(16)22-18/h1-11H,12-13H2/q-1. The Hall–Kier alpha value is -2.46. The molecule has 4 heteroatoms. The van der Waals surface area contributed by atoms with Crippen LogP contribution in [0.2, 0.25) is 0 Å². The lowest BCUT2D eigenvalue weighted by atomic mass is 10.3. The molecule has 0 radical (unpaired) electrons. The number of aromatic nitrogens is 1. The third-order valence-electron chi connectivity index (χ3n) is 3.59. The maximum absolute atomic E-state index is 5.51. The number of fused-ring (bicyclic) bond motifs is 1. The first-order chi connectivity index (χ1) is 10.9. The summed E-state index contributed by atoms with van der Waals surface area (Å²) >= 11 is 1.72. The van der Waals surface area contributed by atoms with Crippen LogP contribution in [0.15, 0.2) is 71.3 Å². The number of para-hydroxylation sites is 1. The minimum Gasteiger partial charge on any atom is -0.467 e. The Morgan fingerprint density at radius 2 is 2.00 bits per heavy atom. The van der Waals surface area contributed by atoms with E-state index in [-0.39, 0.29) is 0 Å². The second-order valence-corrected chi connectivity index (χ2v) is 6.20. The molecule has 0 aliphatic rings. The molecule has 0 aliphatic carbocycles. The number of furan rings is 1. The minimum atomic E-state index is 0.720. The molecule has 0 spiro atoms. The third-order valence-corrected chi connectivity index (χ3v) is 4.68. The van der Waals surface area contributed by atoms with Crippen LogP contribution >= 0.6 is 11.3 Å². The van der Waals surface area contributed by atoms with Crippen molar-refractivity contribution < 1.29 is 4.42 Å². The lowest BCUT2D eigenvalue weighted by Crippen LogP contribution is -2.21. The molecule has 110 valence electrons. The number of nitrogens with zero attached hydrogens (tertiary/aromatic N) is 2. The Balaban J connectivity index is 1.68. The van der Waals surface area contributed by atoms with Gasteiger partial charge >= 0.3 is 0 Å². The predicted molar refractivity (Wildman–Crippen MR) is 90.3 cm³/mol. The number of benzene rings is 1. The molecular weight excluding hydrogens is 292 g/mol. The first-order valence-corrected chi connectivity index (χ1v) is 8.03. The number of hydrogen-bond donors (Lipinski definition) is 0. The summed E-state index contributed by atoms with van der Waals surface area (Å²) < 4.78 is 6.73. The van der Waals surface area contributed by atoms with Gasteiger partial charge < -0.3 is 9.32 Å². The van der Waals surface area contributed by atoms with Gasteiger partial charge in [-0.05, 0) is 24.3 Å². The molecule has 0 fully saturated rings. The molecular formula is C18H15N2OS-. The van der Waals surface area contributed by atoms with Crippen LogP contribution in [0.25, 0.3) is 10.2 Å². The van der Waals surface area contributed by atoms with Crippen molar-refractivity contribution in [1.29, 1.82) is 0 Å². The molecule has 2 aromatic heterocycles. The van der Waals surface area contributed by atoms with E-state index in [1.807, 2.05) is 18.2 Å². The van der Waals surface area contributed by atoms with E-state index in [4.69, 9.17) is 9.40 Å². The van der Waals surface area contributed by atoms with Crippen molar-refractivity contribution in [3.8, 4) is 0 Å². The fraction of sp³-hybridized carbons (Fsp3) is 0.111. The Morgan fingerprint density at radius 1 is 1.05 bits per heavy atom. The summed E-state index contributed by atoms with van der Waals surface area (Å²) in [7, 11) is 0. The van der Waals surface area contributed by atoms with Gasteiger partial charge in [0.05, 0.1) is 23.0 Å². The van der Waals surface area contributed by atoms with Crippen molar-refractivity contribution in [2.45, 2.75) is 13.1 Å². The molecule has 3 nitrogen and oxygen atoms in total. The van der Waals surface area contributed by atoms with Crippen LogP contribution in [0.4, 0.5) is 5.13 Å². The lowest BCUT2D eigenvalue weighted by Gasteiger charge is -2.21. The van der Waals surface area contributed by atoms with Crippen LogP contribution in [0, 0.1) is 0 Å². The third kappa shape index (κ3) is 2.65. The highest BCUT2D eigenvalue weighted by atomic mass is 32.1. The Labute approximate surface area is 132 Å². The Bertz CT molecular complexity index is 777. The minimum absolute atomic E-state index is 0.720. The molecule has 0 unspecified atom stereocenters. The van der Waals surface area contributed by atoms with Gasteiger partial charge in [-0.3, -0.25) is 0 Å². The smallest absolute Gasteiger partial charge is 0.187 e. The largest absolute Gasteiger partial charge is 0.467 e. The Kier molecular flexibility index (Phi) is 3.45. The second kappa shape index (κ2) is 5.73. The molecule has 4 rings (SSSR count). The van der Waals surface area contributed by atoms with E-state index in [1.54, 1.807) is 17.6 Å². The number of hydrogen-bond acceptors (Lipinski definition) is 4. The van der Waals surface area contributed by atoms with E-state index < -0.39 is 0 Å². The first kappa shape index (κ1) is 13.2. The first-order valence-electron chi connectivity index (χ1n) is 7.22. The van der Waals surface area contributed by atoms with Crippen LogP contribution in [0.3, 0.4) is 0 Å². The monoisotopic (exact) mass is 307 g/mol. The summed E-state index contributed by atoms with van der Waals surface area (Å²) in [5, 5.41) is 1.03. The maximum Gasteiger partial charge on any atom is 0.187 e. The van der Waals surface area contributed by atoms with Crippen molar-refractivity contribution in [3.05, 3.63) is 78.3 Å². The quantitative estimate of drug-likeness (QED) is 0.495. The highest BCUT2D eigenvalue weighted by molar-refractivity contribution is 7.22. The van der Waals surface area contributed by atoms with Gasteiger partial charge in [0, 0.05) is 6.54 Å². The molecule has 2 heterocycles. The summed E-state index contributed by atoms with van der Waals surface area (Å²) in [6, 6.07) is 20.6. The maximum atomic E-state index is 5.51. The van der Waals surface area contributed by atoms with Gasteiger partial charge in [0.15, 0.2) is 5.13 Å². The molecule has 0 aliphatic heterocycles. The summed E-state index contributed by atoms with van der Waals surface area (Å²) in [4.78, 5) is 7.04.